The van der Waals surface area contributed by atoms with Gasteiger partial charge in [0.05, 0.1) is 0 Å². The van der Waals surface area contributed by atoms with Crippen molar-refractivity contribution in [1.82, 2.24) is 0 Å². The van der Waals surface area contributed by atoms with Gasteiger partial charge < -0.3 is 10.6 Å². The molecule has 2 nitrogen and oxygen atoms in total. The number of rotatable bonds is 3. The zero-order valence-electron chi connectivity index (χ0n) is 11.3. The summed E-state index contributed by atoms with van der Waals surface area (Å²) < 4.78 is 0. The lowest BCUT2D eigenvalue weighted by molar-refractivity contribution is 0.922. The van der Waals surface area contributed by atoms with E-state index in [-0.39, 0.29) is 0 Å². The monoisotopic (exact) mass is 240 g/mol. The minimum atomic E-state index is 0.850. The summed E-state index contributed by atoms with van der Waals surface area (Å²) in [6, 6.07) is 14.8. The van der Waals surface area contributed by atoms with E-state index in [4.69, 9.17) is 5.73 Å². The highest BCUT2D eigenvalue weighted by Crippen LogP contribution is 2.21. The summed E-state index contributed by atoms with van der Waals surface area (Å²) in [6.45, 7) is 5.02. The van der Waals surface area contributed by atoms with Gasteiger partial charge in [0, 0.05) is 25.0 Å². The molecule has 2 heteroatoms. The maximum Gasteiger partial charge on any atom is 0.0426 e. The summed E-state index contributed by atoms with van der Waals surface area (Å²) in [6.07, 6.45) is 0. The van der Waals surface area contributed by atoms with Crippen molar-refractivity contribution in [3.8, 4) is 0 Å². The second-order valence-electron chi connectivity index (χ2n) is 4.88. The standard InChI is InChI=1S/C16H20N2/c1-12-4-7-14(8-5-12)11-18(3)15-9-6-13(2)16(17)10-15/h4-10H,11,17H2,1-3H3. The Kier molecular flexibility index (Phi) is 3.56. The third kappa shape index (κ3) is 2.83. The van der Waals surface area contributed by atoms with Gasteiger partial charge in [-0.15, -0.1) is 0 Å². The van der Waals surface area contributed by atoms with Crippen LogP contribution in [-0.4, -0.2) is 7.05 Å². The van der Waals surface area contributed by atoms with Crippen LogP contribution in [0.15, 0.2) is 42.5 Å². The highest BCUT2D eigenvalue weighted by atomic mass is 15.1. The summed E-state index contributed by atoms with van der Waals surface area (Å²) in [4.78, 5) is 2.21. The lowest BCUT2D eigenvalue weighted by Gasteiger charge is -2.20. The largest absolute Gasteiger partial charge is 0.398 e. The Morgan fingerprint density at radius 2 is 1.67 bits per heavy atom. The molecule has 0 aliphatic rings. The predicted octanol–water partition coefficient (Wildman–Crippen LogP) is 3.52. The van der Waals surface area contributed by atoms with Gasteiger partial charge in [0.25, 0.3) is 0 Å². The molecule has 0 radical (unpaired) electrons. The van der Waals surface area contributed by atoms with Gasteiger partial charge in [-0.25, -0.2) is 0 Å². The van der Waals surface area contributed by atoms with E-state index in [1.807, 2.05) is 13.0 Å². The molecule has 0 amide bonds. The maximum absolute atomic E-state index is 5.95. The average molecular weight is 240 g/mol. The first-order chi connectivity index (χ1) is 8.56. The molecule has 0 spiro atoms. The van der Waals surface area contributed by atoms with Crippen molar-refractivity contribution in [1.29, 1.82) is 0 Å². The molecule has 2 rings (SSSR count). The first-order valence-electron chi connectivity index (χ1n) is 6.19. The van der Waals surface area contributed by atoms with Crippen molar-refractivity contribution in [2.24, 2.45) is 0 Å². The van der Waals surface area contributed by atoms with Crippen LogP contribution in [0, 0.1) is 13.8 Å². The van der Waals surface area contributed by atoms with Crippen molar-refractivity contribution in [2.45, 2.75) is 20.4 Å². The molecule has 18 heavy (non-hydrogen) atoms. The summed E-state index contributed by atoms with van der Waals surface area (Å²) >= 11 is 0. The molecule has 0 bridgehead atoms. The Labute approximate surface area is 109 Å². The van der Waals surface area contributed by atoms with E-state index in [0.717, 1.165) is 23.5 Å². The van der Waals surface area contributed by atoms with Crippen molar-refractivity contribution >= 4 is 11.4 Å². The Hall–Kier alpha value is -1.96. The fraction of sp³-hybridized carbons (Fsp3) is 0.250. The summed E-state index contributed by atoms with van der Waals surface area (Å²) in [7, 11) is 2.09. The Bertz CT molecular complexity index is 529. The zero-order valence-corrected chi connectivity index (χ0v) is 11.3. The number of nitrogens with zero attached hydrogens (tertiary/aromatic N) is 1. The van der Waals surface area contributed by atoms with Gasteiger partial charge in [-0.3, -0.25) is 0 Å². The average Bonchev–Trinajstić information content (AvgIpc) is 2.35. The van der Waals surface area contributed by atoms with Crippen LogP contribution in [-0.2, 0) is 6.54 Å². The molecular weight excluding hydrogens is 220 g/mol. The smallest absolute Gasteiger partial charge is 0.0426 e. The van der Waals surface area contributed by atoms with Crippen molar-refractivity contribution in [3.05, 3.63) is 59.2 Å². The van der Waals surface area contributed by atoms with E-state index in [1.54, 1.807) is 0 Å². The minimum absolute atomic E-state index is 0.850. The van der Waals surface area contributed by atoms with Crippen LogP contribution in [0.2, 0.25) is 0 Å². The zero-order chi connectivity index (χ0) is 13.1. The number of aryl methyl sites for hydroxylation is 2. The van der Waals surface area contributed by atoms with Gasteiger partial charge >= 0.3 is 0 Å². The molecule has 0 saturated heterocycles. The molecule has 94 valence electrons. The van der Waals surface area contributed by atoms with E-state index >= 15 is 0 Å². The van der Waals surface area contributed by atoms with Gasteiger partial charge in [0.1, 0.15) is 0 Å². The highest BCUT2D eigenvalue weighted by Gasteiger charge is 2.03. The molecule has 0 aromatic heterocycles. The molecule has 0 atom stereocenters. The first kappa shape index (κ1) is 12.5. The molecule has 0 aliphatic carbocycles. The molecule has 0 fully saturated rings. The summed E-state index contributed by atoms with van der Waals surface area (Å²) in [5, 5.41) is 0. The van der Waals surface area contributed by atoms with Crippen LogP contribution in [0.3, 0.4) is 0 Å². The Balaban J connectivity index is 2.13. The first-order valence-corrected chi connectivity index (χ1v) is 6.19. The van der Waals surface area contributed by atoms with Crippen molar-refractivity contribution < 1.29 is 0 Å². The molecule has 0 unspecified atom stereocenters. The van der Waals surface area contributed by atoms with E-state index in [9.17, 15) is 0 Å². The summed E-state index contributed by atoms with van der Waals surface area (Å²) in [5.74, 6) is 0. The van der Waals surface area contributed by atoms with Gasteiger partial charge in [0.15, 0.2) is 0 Å². The third-order valence-corrected chi connectivity index (χ3v) is 3.24. The second kappa shape index (κ2) is 5.13. The van der Waals surface area contributed by atoms with Gasteiger partial charge in [-0.2, -0.15) is 0 Å². The Morgan fingerprint density at radius 3 is 2.28 bits per heavy atom. The van der Waals surface area contributed by atoms with Gasteiger partial charge in [-0.1, -0.05) is 35.9 Å². The van der Waals surface area contributed by atoms with Gasteiger partial charge in [-0.05, 0) is 37.1 Å². The SMILES string of the molecule is Cc1ccc(CN(C)c2ccc(C)c(N)c2)cc1. The van der Waals surface area contributed by atoms with E-state index in [1.165, 1.54) is 11.1 Å². The topological polar surface area (TPSA) is 29.3 Å². The molecular formula is C16H20N2. The van der Waals surface area contributed by atoms with Crippen LogP contribution < -0.4 is 10.6 Å². The Morgan fingerprint density at radius 1 is 1.00 bits per heavy atom. The van der Waals surface area contributed by atoms with Crippen molar-refractivity contribution in [2.75, 3.05) is 17.7 Å². The van der Waals surface area contributed by atoms with E-state index in [2.05, 4.69) is 55.3 Å². The molecule has 2 aromatic rings. The van der Waals surface area contributed by atoms with Crippen LogP contribution in [0.4, 0.5) is 11.4 Å². The number of anilines is 2. The fourth-order valence-corrected chi connectivity index (χ4v) is 1.92. The second-order valence-corrected chi connectivity index (χ2v) is 4.88. The van der Waals surface area contributed by atoms with Gasteiger partial charge in [0.2, 0.25) is 0 Å². The van der Waals surface area contributed by atoms with E-state index in [0.29, 0.717) is 0 Å². The van der Waals surface area contributed by atoms with E-state index < -0.39 is 0 Å². The number of hydrogen-bond donors (Lipinski definition) is 1. The normalized spacial score (nSPS) is 10.4. The fourth-order valence-electron chi connectivity index (χ4n) is 1.92. The summed E-state index contributed by atoms with van der Waals surface area (Å²) in [5.41, 5.74) is 11.7. The maximum atomic E-state index is 5.95. The number of benzene rings is 2. The number of hydrogen-bond acceptors (Lipinski definition) is 2. The minimum Gasteiger partial charge on any atom is -0.398 e. The third-order valence-electron chi connectivity index (χ3n) is 3.24. The lowest BCUT2D eigenvalue weighted by atomic mass is 10.1. The van der Waals surface area contributed by atoms with Crippen molar-refractivity contribution in [3.63, 3.8) is 0 Å². The lowest BCUT2D eigenvalue weighted by Crippen LogP contribution is -2.16. The number of nitrogen functional groups attached to an aromatic ring is 1. The molecule has 0 heterocycles. The van der Waals surface area contributed by atoms with Crippen LogP contribution >= 0.6 is 0 Å². The highest BCUT2D eigenvalue weighted by molar-refractivity contribution is 5.59. The molecule has 2 N–H and O–H groups in total. The quantitative estimate of drug-likeness (QED) is 0.832. The molecule has 2 aromatic carbocycles. The van der Waals surface area contributed by atoms with Crippen LogP contribution in [0.1, 0.15) is 16.7 Å². The predicted molar refractivity (Wildman–Crippen MR) is 78.9 cm³/mol. The van der Waals surface area contributed by atoms with Crippen LogP contribution in [0.5, 0.6) is 0 Å². The molecule has 0 aliphatic heterocycles. The number of nitrogens with two attached hydrogens (primary N) is 1. The molecule has 0 saturated carbocycles. The van der Waals surface area contributed by atoms with Crippen LogP contribution in [0.25, 0.3) is 0 Å².